The molecule has 2 aromatic carbocycles. The lowest BCUT2D eigenvalue weighted by Crippen LogP contribution is -2.21. The number of ether oxygens (including phenoxy) is 2. The summed E-state index contributed by atoms with van der Waals surface area (Å²) >= 11 is 0. The van der Waals surface area contributed by atoms with Crippen LogP contribution >= 0.6 is 0 Å². The molecule has 31 heavy (non-hydrogen) atoms. The summed E-state index contributed by atoms with van der Waals surface area (Å²) in [6, 6.07) is 9.55. The molecule has 0 saturated heterocycles. The molecule has 1 amide bonds. The van der Waals surface area contributed by atoms with E-state index in [1.54, 1.807) is 31.2 Å². The quantitative estimate of drug-likeness (QED) is 0.485. The van der Waals surface area contributed by atoms with Gasteiger partial charge in [-0.15, -0.1) is 6.42 Å². The average molecular weight is 428 g/mol. The van der Waals surface area contributed by atoms with Gasteiger partial charge in [0.2, 0.25) is 0 Å². The normalized spacial score (nSPS) is 15.1. The zero-order chi connectivity index (χ0) is 22.6. The number of carbonyl (C=O) groups excluding carboxylic acids is 1. The van der Waals surface area contributed by atoms with Crippen LogP contribution in [0.2, 0.25) is 0 Å². The summed E-state index contributed by atoms with van der Waals surface area (Å²) < 4.78 is 50.1. The molecule has 1 heterocycles. The van der Waals surface area contributed by atoms with Crippen LogP contribution < -0.4 is 14.5 Å². The van der Waals surface area contributed by atoms with Crippen LogP contribution in [0.1, 0.15) is 25.0 Å². The molecular weight excluding hydrogens is 409 g/mol. The van der Waals surface area contributed by atoms with E-state index in [9.17, 15) is 18.0 Å². The van der Waals surface area contributed by atoms with Gasteiger partial charge in [-0.25, -0.2) is 0 Å². The van der Waals surface area contributed by atoms with Crippen LogP contribution in [0, 0.1) is 12.3 Å². The van der Waals surface area contributed by atoms with Crippen molar-refractivity contribution in [2.45, 2.75) is 20.0 Å². The van der Waals surface area contributed by atoms with Crippen LogP contribution in [0.5, 0.6) is 11.5 Å². The van der Waals surface area contributed by atoms with E-state index in [0.29, 0.717) is 29.4 Å². The minimum Gasteiger partial charge on any atom is -0.490 e. The van der Waals surface area contributed by atoms with Crippen LogP contribution in [0.25, 0.3) is 6.08 Å². The lowest BCUT2D eigenvalue weighted by Gasteiger charge is -2.14. The van der Waals surface area contributed by atoms with E-state index >= 15 is 0 Å². The number of anilines is 1. The lowest BCUT2D eigenvalue weighted by atomic mass is 10.1. The van der Waals surface area contributed by atoms with Crippen molar-refractivity contribution in [1.29, 1.82) is 0 Å². The molecule has 160 valence electrons. The summed E-state index contributed by atoms with van der Waals surface area (Å²) in [5.41, 5.74) is 0.466. The number of halogens is 3. The third-order valence-corrected chi connectivity index (χ3v) is 4.37. The van der Waals surface area contributed by atoms with E-state index in [2.05, 4.69) is 11.0 Å². The van der Waals surface area contributed by atoms with Crippen molar-refractivity contribution in [2.24, 2.45) is 5.10 Å². The first kappa shape index (κ1) is 22.0. The molecule has 3 rings (SSSR count). The minimum atomic E-state index is -4.52. The number of hydrazone groups is 1. The zero-order valence-corrected chi connectivity index (χ0v) is 16.9. The second kappa shape index (κ2) is 8.96. The lowest BCUT2D eigenvalue weighted by molar-refractivity contribution is -0.137. The molecule has 0 fully saturated rings. The molecule has 0 saturated carbocycles. The molecule has 0 aromatic heterocycles. The van der Waals surface area contributed by atoms with Gasteiger partial charge in [0.15, 0.2) is 11.5 Å². The highest BCUT2D eigenvalue weighted by atomic mass is 19.4. The van der Waals surface area contributed by atoms with E-state index < -0.39 is 17.6 Å². The van der Waals surface area contributed by atoms with Gasteiger partial charge >= 0.3 is 6.18 Å². The van der Waals surface area contributed by atoms with E-state index in [0.717, 1.165) is 17.1 Å². The van der Waals surface area contributed by atoms with Gasteiger partial charge in [0.05, 0.1) is 29.1 Å². The molecular formula is C23H19F3N2O3. The smallest absolute Gasteiger partial charge is 0.416 e. The second-order valence-electron chi connectivity index (χ2n) is 6.54. The number of amides is 1. The Balaban J connectivity index is 1.91. The van der Waals surface area contributed by atoms with Crippen molar-refractivity contribution in [1.82, 2.24) is 0 Å². The minimum absolute atomic E-state index is 0.0376. The molecule has 0 atom stereocenters. The van der Waals surface area contributed by atoms with Crippen molar-refractivity contribution >= 4 is 23.4 Å². The summed E-state index contributed by atoms with van der Waals surface area (Å²) in [6.45, 7) is 3.91. The molecule has 8 heteroatoms. The number of hydrogen-bond donors (Lipinski definition) is 0. The number of hydrogen-bond acceptors (Lipinski definition) is 4. The largest absolute Gasteiger partial charge is 0.490 e. The predicted octanol–water partition coefficient (Wildman–Crippen LogP) is 4.92. The van der Waals surface area contributed by atoms with E-state index in [4.69, 9.17) is 15.9 Å². The molecule has 0 radical (unpaired) electrons. The van der Waals surface area contributed by atoms with E-state index in [-0.39, 0.29) is 17.9 Å². The Hall–Kier alpha value is -3.73. The Labute approximate surface area is 177 Å². The molecule has 0 spiro atoms. The van der Waals surface area contributed by atoms with Crippen LogP contribution in [0.4, 0.5) is 18.9 Å². The predicted molar refractivity (Wildman–Crippen MR) is 112 cm³/mol. The second-order valence-corrected chi connectivity index (χ2v) is 6.54. The Kier molecular flexibility index (Phi) is 6.35. The van der Waals surface area contributed by atoms with Gasteiger partial charge in [-0.05, 0) is 55.8 Å². The number of benzene rings is 2. The van der Waals surface area contributed by atoms with E-state index in [1.165, 1.54) is 12.1 Å². The van der Waals surface area contributed by atoms with Crippen LogP contribution in [-0.4, -0.2) is 24.8 Å². The first-order chi connectivity index (χ1) is 14.7. The van der Waals surface area contributed by atoms with Gasteiger partial charge in [0.1, 0.15) is 6.61 Å². The molecule has 0 unspecified atom stereocenters. The fourth-order valence-electron chi connectivity index (χ4n) is 2.96. The van der Waals surface area contributed by atoms with Crippen molar-refractivity contribution < 1.29 is 27.4 Å². The number of carbonyl (C=O) groups is 1. The van der Waals surface area contributed by atoms with Crippen LogP contribution in [0.3, 0.4) is 0 Å². The third-order valence-electron chi connectivity index (χ3n) is 4.37. The van der Waals surface area contributed by atoms with E-state index in [1.807, 2.05) is 6.92 Å². The Morgan fingerprint density at radius 2 is 1.94 bits per heavy atom. The number of terminal acetylenes is 1. The van der Waals surface area contributed by atoms with Crippen molar-refractivity contribution in [2.75, 3.05) is 18.2 Å². The summed E-state index contributed by atoms with van der Waals surface area (Å²) in [7, 11) is 0. The van der Waals surface area contributed by atoms with Gasteiger partial charge < -0.3 is 9.47 Å². The molecule has 5 nitrogen and oxygen atoms in total. The molecule has 1 aliphatic rings. The van der Waals surface area contributed by atoms with Gasteiger partial charge in [0, 0.05) is 0 Å². The molecule has 0 bridgehead atoms. The Bertz CT molecular complexity index is 1100. The van der Waals surface area contributed by atoms with Gasteiger partial charge in [-0.3, -0.25) is 4.79 Å². The third kappa shape index (κ3) is 4.89. The molecule has 0 N–H and O–H groups in total. The van der Waals surface area contributed by atoms with Crippen molar-refractivity contribution in [3.63, 3.8) is 0 Å². The topological polar surface area (TPSA) is 51.1 Å². The monoisotopic (exact) mass is 428 g/mol. The molecule has 1 aliphatic heterocycles. The fourth-order valence-corrected chi connectivity index (χ4v) is 2.96. The van der Waals surface area contributed by atoms with Crippen LogP contribution in [0.15, 0.2) is 53.1 Å². The number of alkyl halides is 3. The maximum atomic E-state index is 13.0. The first-order valence-corrected chi connectivity index (χ1v) is 9.36. The maximum absolute atomic E-state index is 13.0. The Morgan fingerprint density at radius 3 is 2.61 bits per heavy atom. The SMILES string of the molecule is C#CCOc1ccc(C=C2C(=O)N(c3cccc(C(F)(F)F)c3)N=C2C)cc1OCC. The van der Waals surface area contributed by atoms with Gasteiger partial charge in [-0.1, -0.05) is 18.1 Å². The Morgan fingerprint density at radius 1 is 1.16 bits per heavy atom. The highest BCUT2D eigenvalue weighted by molar-refractivity contribution is 6.32. The summed E-state index contributed by atoms with van der Waals surface area (Å²) in [5, 5.41) is 5.11. The van der Waals surface area contributed by atoms with Crippen molar-refractivity contribution in [3.8, 4) is 23.8 Å². The van der Waals surface area contributed by atoms with Gasteiger partial charge in [-0.2, -0.15) is 23.3 Å². The number of rotatable bonds is 6. The fraction of sp³-hybridized carbons (Fsp3) is 0.217. The highest BCUT2D eigenvalue weighted by Crippen LogP contribution is 2.34. The highest BCUT2D eigenvalue weighted by Gasteiger charge is 2.33. The van der Waals surface area contributed by atoms with Crippen LogP contribution in [-0.2, 0) is 11.0 Å². The summed E-state index contributed by atoms with van der Waals surface area (Å²) in [4.78, 5) is 12.9. The number of nitrogens with zero attached hydrogens (tertiary/aromatic N) is 2. The molecule has 2 aromatic rings. The summed E-state index contributed by atoms with van der Waals surface area (Å²) in [5.74, 6) is 2.78. The first-order valence-electron chi connectivity index (χ1n) is 9.36. The standard InChI is InChI=1S/C23H19F3N2O3/c1-4-11-31-20-10-9-16(13-21(20)30-5-2)12-19-15(3)27-28(22(19)29)18-8-6-7-17(14-18)23(24,25)26/h1,6-10,12-14H,5,11H2,2-3H3. The van der Waals surface area contributed by atoms with Crippen molar-refractivity contribution in [3.05, 3.63) is 59.2 Å². The zero-order valence-electron chi connectivity index (χ0n) is 16.9. The van der Waals surface area contributed by atoms with Gasteiger partial charge in [0.25, 0.3) is 5.91 Å². The summed E-state index contributed by atoms with van der Waals surface area (Å²) in [6.07, 6.45) is 2.30. The maximum Gasteiger partial charge on any atom is 0.416 e. The molecule has 0 aliphatic carbocycles. The average Bonchev–Trinajstić information content (AvgIpc) is 3.01.